The van der Waals surface area contributed by atoms with E-state index in [9.17, 15) is 18.0 Å². The molecule has 1 aromatic heterocycles. The van der Waals surface area contributed by atoms with E-state index in [0.717, 1.165) is 37.1 Å². The number of rotatable bonds is 5. The van der Waals surface area contributed by atoms with E-state index < -0.39 is 11.9 Å². The third kappa shape index (κ3) is 5.41. The molecule has 156 valence electrons. The van der Waals surface area contributed by atoms with Gasteiger partial charge in [-0.2, -0.15) is 13.2 Å². The Morgan fingerprint density at radius 2 is 1.97 bits per heavy atom. The van der Waals surface area contributed by atoms with E-state index in [4.69, 9.17) is 4.74 Å². The summed E-state index contributed by atoms with van der Waals surface area (Å²) in [5.74, 6) is 0.497. The van der Waals surface area contributed by atoms with Gasteiger partial charge in [0.1, 0.15) is 11.4 Å². The monoisotopic (exact) mass is 425 g/mol. The van der Waals surface area contributed by atoms with E-state index in [1.807, 2.05) is 6.92 Å². The summed E-state index contributed by atoms with van der Waals surface area (Å²) in [6, 6.07) is 7.64. The van der Waals surface area contributed by atoms with Crippen molar-refractivity contribution in [3.63, 3.8) is 0 Å². The van der Waals surface area contributed by atoms with Gasteiger partial charge in [0.2, 0.25) is 5.91 Å². The summed E-state index contributed by atoms with van der Waals surface area (Å²) in [6.45, 7) is 2.67. The number of carbonyl (C=O) groups is 1. The maximum Gasteiger partial charge on any atom is 0.433 e. The third-order valence-electron chi connectivity index (χ3n) is 4.83. The van der Waals surface area contributed by atoms with E-state index >= 15 is 0 Å². The molecular formula is C20H22F3N3O2S. The number of hydrogen-bond acceptors (Lipinski definition) is 5. The van der Waals surface area contributed by atoms with Crippen molar-refractivity contribution >= 4 is 17.7 Å². The number of aromatic nitrogens is 2. The highest BCUT2D eigenvalue weighted by molar-refractivity contribution is 7.99. The van der Waals surface area contributed by atoms with Crippen molar-refractivity contribution in [3.8, 4) is 17.0 Å². The van der Waals surface area contributed by atoms with Crippen molar-refractivity contribution in [3.05, 3.63) is 36.0 Å². The second-order valence-corrected chi connectivity index (χ2v) is 7.81. The molecule has 1 atom stereocenters. The van der Waals surface area contributed by atoms with Crippen LogP contribution in [0.3, 0.4) is 0 Å². The zero-order valence-electron chi connectivity index (χ0n) is 16.2. The van der Waals surface area contributed by atoms with Crippen LogP contribution in [0.1, 0.15) is 31.9 Å². The molecule has 1 saturated heterocycles. The highest BCUT2D eigenvalue weighted by Gasteiger charge is 2.34. The van der Waals surface area contributed by atoms with Crippen molar-refractivity contribution in [2.75, 3.05) is 19.4 Å². The fourth-order valence-electron chi connectivity index (χ4n) is 3.22. The average molecular weight is 425 g/mol. The Bertz CT molecular complexity index is 859. The smallest absolute Gasteiger partial charge is 0.433 e. The topological polar surface area (TPSA) is 55.3 Å². The first-order chi connectivity index (χ1) is 13.8. The molecule has 1 aromatic carbocycles. The number of likely N-dealkylation sites (tertiary alicyclic amines) is 1. The molecule has 0 bridgehead atoms. The van der Waals surface area contributed by atoms with Crippen LogP contribution in [0.2, 0.25) is 0 Å². The molecule has 0 N–H and O–H groups in total. The van der Waals surface area contributed by atoms with Crippen LogP contribution in [0.5, 0.6) is 5.75 Å². The van der Waals surface area contributed by atoms with Gasteiger partial charge in [-0.3, -0.25) is 4.79 Å². The van der Waals surface area contributed by atoms with Crippen LogP contribution < -0.4 is 4.74 Å². The summed E-state index contributed by atoms with van der Waals surface area (Å²) in [5.41, 5.74) is -0.368. The van der Waals surface area contributed by atoms with Gasteiger partial charge in [-0.1, -0.05) is 11.8 Å². The SMILES string of the molecule is COc1ccc(-c2cc(C(F)(F)F)nc(SCC(=O)N3CCCCC3C)n2)cc1. The molecule has 2 heterocycles. The molecule has 0 radical (unpaired) electrons. The number of ether oxygens (including phenoxy) is 1. The van der Waals surface area contributed by atoms with Gasteiger partial charge in [-0.05, 0) is 56.5 Å². The Morgan fingerprint density at radius 3 is 2.59 bits per heavy atom. The summed E-state index contributed by atoms with van der Waals surface area (Å²) in [6.07, 6.45) is -1.63. The summed E-state index contributed by atoms with van der Waals surface area (Å²) >= 11 is 0.933. The molecule has 1 unspecified atom stereocenters. The van der Waals surface area contributed by atoms with Gasteiger partial charge in [0.25, 0.3) is 0 Å². The van der Waals surface area contributed by atoms with Crippen LogP contribution >= 0.6 is 11.8 Å². The molecule has 29 heavy (non-hydrogen) atoms. The van der Waals surface area contributed by atoms with Gasteiger partial charge in [0.15, 0.2) is 5.16 Å². The minimum Gasteiger partial charge on any atom is -0.497 e. The fourth-order valence-corrected chi connectivity index (χ4v) is 3.97. The Morgan fingerprint density at radius 1 is 1.24 bits per heavy atom. The highest BCUT2D eigenvalue weighted by Crippen LogP contribution is 2.32. The molecule has 0 aliphatic carbocycles. The molecule has 9 heteroatoms. The molecule has 1 amide bonds. The van der Waals surface area contributed by atoms with Gasteiger partial charge < -0.3 is 9.64 Å². The number of piperidine rings is 1. The number of nitrogens with zero attached hydrogens (tertiary/aromatic N) is 3. The minimum atomic E-state index is -4.61. The lowest BCUT2D eigenvalue weighted by molar-refractivity contribution is -0.141. The number of halogens is 3. The summed E-state index contributed by atoms with van der Waals surface area (Å²) < 4.78 is 45.1. The molecule has 5 nitrogen and oxygen atoms in total. The molecule has 1 aliphatic heterocycles. The number of alkyl halides is 3. The average Bonchev–Trinajstić information content (AvgIpc) is 2.71. The van der Waals surface area contributed by atoms with Gasteiger partial charge in [-0.25, -0.2) is 9.97 Å². The standard InChI is InChI=1S/C20H22F3N3O2S/c1-13-5-3-4-10-26(13)18(27)12-29-19-24-16(11-17(25-19)20(21,22)23)14-6-8-15(28-2)9-7-14/h6-9,11,13H,3-5,10,12H2,1-2H3. The summed E-state index contributed by atoms with van der Waals surface area (Å²) in [4.78, 5) is 22.2. The van der Waals surface area contributed by atoms with E-state index in [-0.39, 0.29) is 28.6 Å². The van der Waals surface area contributed by atoms with Crippen molar-refractivity contribution < 1.29 is 22.7 Å². The first-order valence-corrected chi connectivity index (χ1v) is 10.3. The van der Waals surface area contributed by atoms with Gasteiger partial charge >= 0.3 is 6.18 Å². The predicted octanol–water partition coefficient (Wildman–Crippen LogP) is 4.66. The molecule has 3 rings (SSSR count). The van der Waals surface area contributed by atoms with Crippen LogP contribution in [-0.2, 0) is 11.0 Å². The Balaban J connectivity index is 1.82. The van der Waals surface area contributed by atoms with E-state index in [0.29, 0.717) is 17.9 Å². The molecular weight excluding hydrogens is 403 g/mol. The van der Waals surface area contributed by atoms with Crippen LogP contribution in [0.4, 0.5) is 13.2 Å². The van der Waals surface area contributed by atoms with Gasteiger partial charge in [0, 0.05) is 18.2 Å². The predicted molar refractivity (Wildman–Crippen MR) is 105 cm³/mol. The third-order valence-corrected chi connectivity index (χ3v) is 5.66. The number of carbonyl (C=O) groups excluding carboxylic acids is 1. The zero-order valence-corrected chi connectivity index (χ0v) is 17.0. The lowest BCUT2D eigenvalue weighted by Crippen LogP contribution is -2.42. The largest absolute Gasteiger partial charge is 0.497 e. The second-order valence-electron chi connectivity index (χ2n) is 6.87. The number of hydrogen-bond donors (Lipinski definition) is 0. The van der Waals surface area contributed by atoms with Crippen molar-refractivity contribution in [2.24, 2.45) is 0 Å². The van der Waals surface area contributed by atoms with Crippen LogP contribution in [0.25, 0.3) is 11.3 Å². The minimum absolute atomic E-state index is 0.00764. The molecule has 1 aliphatic rings. The van der Waals surface area contributed by atoms with Crippen molar-refractivity contribution in [1.29, 1.82) is 0 Å². The first-order valence-electron chi connectivity index (χ1n) is 9.31. The molecule has 0 spiro atoms. The van der Waals surface area contributed by atoms with Gasteiger partial charge in [0.05, 0.1) is 18.6 Å². The molecule has 2 aromatic rings. The zero-order chi connectivity index (χ0) is 21.0. The maximum absolute atomic E-state index is 13.3. The highest BCUT2D eigenvalue weighted by atomic mass is 32.2. The number of thioether (sulfide) groups is 1. The number of methoxy groups -OCH3 is 1. The van der Waals surface area contributed by atoms with Crippen LogP contribution in [-0.4, -0.2) is 46.2 Å². The van der Waals surface area contributed by atoms with E-state index in [1.165, 1.54) is 7.11 Å². The van der Waals surface area contributed by atoms with Gasteiger partial charge in [-0.15, -0.1) is 0 Å². The van der Waals surface area contributed by atoms with E-state index in [1.54, 1.807) is 29.2 Å². The Labute approximate surface area is 171 Å². The van der Waals surface area contributed by atoms with Crippen molar-refractivity contribution in [1.82, 2.24) is 14.9 Å². The second kappa shape index (κ2) is 9.02. The van der Waals surface area contributed by atoms with Crippen LogP contribution in [0, 0.1) is 0 Å². The lowest BCUT2D eigenvalue weighted by Gasteiger charge is -2.33. The van der Waals surface area contributed by atoms with Crippen LogP contribution in [0.15, 0.2) is 35.5 Å². The summed E-state index contributed by atoms with van der Waals surface area (Å²) in [7, 11) is 1.51. The lowest BCUT2D eigenvalue weighted by atomic mass is 10.0. The normalized spacial score (nSPS) is 17.3. The molecule has 1 fully saturated rings. The number of amides is 1. The Hall–Kier alpha value is -2.29. The number of benzene rings is 1. The summed E-state index contributed by atoms with van der Waals surface area (Å²) in [5, 5.41) is -0.0661. The fraction of sp³-hybridized carbons (Fsp3) is 0.450. The first kappa shape index (κ1) is 21.4. The van der Waals surface area contributed by atoms with Crippen molar-refractivity contribution in [2.45, 2.75) is 43.6 Å². The maximum atomic E-state index is 13.3. The quantitative estimate of drug-likeness (QED) is 0.515. The van der Waals surface area contributed by atoms with E-state index in [2.05, 4.69) is 9.97 Å². The molecule has 0 saturated carbocycles. The Kier molecular flexibility index (Phi) is 6.66.